The van der Waals surface area contributed by atoms with E-state index in [9.17, 15) is 14.0 Å². The number of halogens is 1. The van der Waals surface area contributed by atoms with Crippen LogP contribution in [0, 0.1) is 18.7 Å². The molecule has 130 valence electrons. The van der Waals surface area contributed by atoms with Crippen LogP contribution in [0.2, 0.25) is 0 Å². The number of hydrogen-bond donors (Lipinski definition) is 2. The zero-order valence-electron chi connectivity index (χ0n) is 13.7. The first-order valence-electron chi connectivity index (χ1n) is 7.95. The zero-order valence-corrected chi connectivity index (χ0v) is 13.7. The van der Waals surface area contributed by atoms with Gasteiger partial charge in [0.25, 0.3) is 0 Å². The molecular weight excluding hydrogens is 325 g/mol. The van der Waals surface area contributed by atoms with Crippen molar-refractivity contribution >= 4 is 17.6 Å². The van der Waals surface area contributed by atoms with E-state index in [1.54, 1.807) is 30.3 Å². The van der Waals surface area contributed by atoms with E-state index >= 15 is 0 Å². The number of benzene rings is 2. The smallest absolute Gasteiger partial charge is 0.341 e. The SMILES string of the molecule is Cc1cc(OCC(=O)O)ccc1NC(=O)C1CC1c1ccc(F)cc1. The molecule has 0 spiro atoms. The van der Waals surface area contributed by atoms with Crippen molar-refractivity contribution in [2.45, 2.75) is 19.3 Å². The first-order valence-corrected chi connectivity index (χ1v) is 7.95. The molecule has 2 aromatic carbocycles. The monoisotopic (exact) mass is 343 g/mol. The lowest BCUT2D eigenvalue weighted by atomic mass is 10.1. The maximum Gasteiger partial charge on any atom is 0.341 e. The maximum absolute atomic E-state index is 13.0. The number of aryl methyl sites for hydroxylation is 1. The Morgan fingerprint density at radius 2 is 1.96 bits per heavy atom. The minimum absolute atomic E-state index is 0.0726. The van der Waals surface area contributed by atoms with Crippen molar-refractivity contribution < 1.29 is 23.8 Å². The number of carbonyl (C=O) groups excluding carboxylic acids is 1. The molecule has 1 saturated carbocycles. The third kappa shape index (κ3) is 4.15. The highest BCUT2D eigenvalue weighted by Crippen LogP contribution is 2.48. The average Bonchev–Trinajstić information content (AvgIpc) is 3.36. The van der Waals surface area contributed by atoms with Crippen LogP contribution in [0.5, 0.6) is 5.75 Å². The molecule has 0 aromatic heterocycles. The maximum atomic E-state index is 13.0. The summed E-state index contributed by atoms with van der Waals surface area (Å²) >= 11 is 0. The van der Waals surface area contributed by atoms with E-state index < -0.39 is 12.6 Å². The lowest BCUT2D eigenvalue weighted by Gasteiger charge is -2.10. The predicted octanol–water partition coefficient (Wildman–Crippen LogP) is 3.34. The first kappa shape index (κ1) is 17.0. The summed E-state index contributed by atoms with van der Waals surface area (Å²) in [6.45, 7) is 1.40. The molecule has 0 bridgehead atoms. The van der Waals surface area contributed by atoms with Crippen molar-refractivity contribution in [3.05, 3.63) is 59.4 Å². The fourth-order valence-electron chi connectivity index (χ4n) is 2.80. The highest BCUT2D eigenvalue weighted by atomic mass is 19.1. The fraction of sp³-hybridized carbons (Fsp3) is 0.263. The lowest BCUT2D eigenvalue weighted by Crippen LogP contribution is -2.15. The van der Waals surface area contributed by atoms with Gasteiger partial charge in [0.05, 0.1) is 0 Å². The van der Waals surface area contributed by atoms with Crippen LogP contribution >= 0.6 is 0 Å². The van der Waals surface area contributed by atoms with Gasteiger partial charge < -0.3 is 15.2 Å². The van der Waals surface area contributed by atoms with E-state index in [1.807, 2.05) is 6.92 Å². The Labute approximate surface area is 144 Å². The van der Waals surface area contributed by atoms with Crippen LogP contribution in [-0.2, 0) is 9.59 Å². The van der Waals surface area contributed by atoms with Crippen molar-refractivity contribution in [3.8, 4) is 5.75 Å². The molecule has 2 N–H and O–H groups in total. The highest BCUT2D eigenvalue weighted by molar-refractivity contribution is 5.95. The summed E-state index contributed by atoms with van der Waals surface area (Å²) in [5.41, 5.74) is 2.42. The van der Waals surface area contributed by atoms with E-state index in [0.29, 0.717) is 11.4 Å². The molecule has 0 heterocycles. The number of carboxylic acid groups (broad SMARTS) is 1. The molecule has 0 aliphatic heterocycles. The van der Waals surface area contributed by atoms with Gasteiger partial charge >= 0.3 is 5.97 Å². The van der Waals surface area contributed by atoms with Crippen LogP contribution in [0.3, 0.4) is 0 Å². The minimum Gasteiger partial charge on any atom is -0.482 e. The third-order valence-electron chi connectivity index (χ3n) is 4.24. The average molecular weight is 343 g/mol. The van der Waals surface area contributed by atoms with E-state index in [2.05, 4.69) is 5.32 Å². The summed E-state index contributed by atoms with van der Waals surface area (Å²) in [5.74, 6) is -0.959. The van der Waals surface area contributed by atoms with Gasteiger partial charge in [0, 0.05) is 11.6 Å². The Morgan fingerprint density at radius 1 is 1.24 bits per heavy atom. The number of carboxylic acids is 1. The molecule has 2 atom stereocenters. The molecule has 1 amide bonds. The van der Waals surface area contributed by atoms with E-state index in [4.69, 9.17) is 9.84 Å². The van der Waals surface area contributed by atoms with Gasteiger partial charge in [-0.15, -0.1) is 0 Å². The quantitative estimate of drug-likeness (QED) is 0.843. The molecule has 3 rings (SSSR count). The number of anilines is 1. The number of hydrogen-bond acceptors (Lipinski definition) is 3. The summed E-state index contributed by atoms with van der Waals surface area (Å²) < 4.78 is 18.1. The zero-order chi connectivity index (χ0) is 18.0. The number of rotatable bonds is 6. The van der Waals surface area contributed by atoms with Crippen LogP contribution in [0.1, 0.15) is 23.5 Å². The number of carbonyl (C=O) groups is 2. The van der Waals surface area contributed by atoms with Crippen LogP contribution in [-0.4, -0.2) is 23.6 Å². The number of ether oxygens (including phenoxy) is 1. The molecule has 2 unspecified atom stereocenters. The summed E-state index contributed by atoms with van der Waals surface area (Å²) in [7, 11) is 0. The van der Waals surface area contributed by atoms with Gasteiger partial charge in [-0.3, -0.25) is 4.79 Å². The summed E-state index contributed by atoms with van der Waals surface area (Å²) in [6, 6.07) is 11.2. The second-order valence-electron chi connectivity index (χ2n) is 6.15. The van der Waals surface area contributed by atoms with Gasteiger partial charge in [0.15, 0.2) is 6.61 Å². The lowest BCUT2D eigenvalue weighted by molar-refractivity contribution is -0.139. The van der Waals surface area contributed by atoms with Gasteiger partial charge in [0.1, 0.15) is 11.6 Å². The normalized spacial score (nSPS) is 18.5. The molecule has 1 fully saturated rings. The predicted molar refractivity (Wildman–Crippen MR) is 90.2 cm³/mol. The molecule has 0 saturated heterocycles. The second kappa shape index (κ2) is 6.93. The van der Waals surface area contributed by atoms with Gasteiger partial charge in [-0.25, -0.2) is 9.18 Å². The molecule has 1 aliphatic carbocycles. The topological polar surface area (TPSA) is 75.6 Å². The largest absolute Gasteiger partial charge is 0.482 e. The summed E-state index contributed by atoms with van der Waals surface area (Å²) in [5, 5.41) is 11.5. The standard InChI is InChI=1S/C19H18FNO4/c1-11-8-14(25-10-18(22)23)6-7-17(11)21-19(24)16-9-15(16)12-2-4-13(20)5-3-12/h2-8,15-16H,9-10H2,1H3,(H,21,24)(H,22,23). The van der Waals surface area contributed by atoms with E-state index in [-0.39, 0.29) is 23.6 Å². The molecule has 25 heavy (non-hydrogen) atoms. The van der Waals surface area contributed by atoms with Crippen molar-refractivity contribution in [2.75, 3.05) is 11.9 Å². The molecule has 2 aromatic rings. The number of nitrogens with one attached hydrogen (secondary N) is 1. The molecular formula is C19H18FNO4. The Kier molecular flexibility index (Phi) is 4.70. The van der Waals surface area contributed by atoms with Gasteiger partial charge in [-0.1, -0.05) is 12.1 Å². The van der Waals surface area contributed by atoms with Crippen molar-refractivity contribution in [3.63, 3.8) is 0 Å². The number of amides is 1. The molecule has 5 nitrogen and oxygen atoms in total. The van der Waals surface area contributed by atoms with Crippen LogP contribution in [0.15, 0.2) is 42.5 Å². The molecule has 1 aliphatic rings. The molecule has 0 radical (unpaired) electrons. The summed E-state index contributed by atoms with van der Waals surface area (Å²) in [4.78, 5) is 22.9. The van der Waals surface area contributed by atoms with Crippen LogP contribution in [0.4, 0.5) is 10.1 Å². The number of aliphatic carboxylic acids is 1. The van der Waals surface area contributed by atoms with Crippen LogP contribution < -0.4 is 10.1 Å². The highest BCUT2D eigenvalue weighted by Gasteiger charge is 2.43. The van der Waals surface area contributed by atoms with Gasteiger partial charge in [-0.2, -0.15) is 0 Å². The molecule has 6 heteroatoms. The fourth-order valence-corrected chi connectivity index (χ4v) is 2.80. The van der Waals surface area contributed by atoms with Gasteiger partial charge in [0.2, 0.25) is 5.91 Å². The minimum atomic E-state index is -1.05. The van der Waals surface area contributed by atoms with Gasteiger partial charge in [-0.05, 0) is 60.7 Å². The van der Waals surface area contributed by atoms with Crippen molar-refractivity contribution in [2.24, 2.45) is 5.92 Å². The van der Waals surface area contributed by atoms with E-state index in [1.165, 1.54) is 12.1 Å². The Bertz CT molecular complexity index is 804. The Morgan fingerprint density at radius 3 is 2.60 bits per heavy atom. The van der Waals surface area contributed by atoms with Crippen LogP contribution in [0.25, 0.3) is 0 Å². The third-order valence-corrected chi connectivity index (χ3v) is 4.24. The Hall–Kier alpha value is -2.89. The summed E-state index contributed by atoms with van der Waals surface area (Å²) in [6.07, 6.45) is 0.746. The van der Waals surface area contributed by atoms with E-state index in [0.717, 1.165) is 17.5 Å². The van der Waals surface area contributed by atoms with Crippen molar-refractivity contribution in [1.29, 1.82) is 0 Å². The van der Waals surface area contributed by atoms with Crippen molar-refractivity contribution in [1.82, 2.24) is 0 Å². The Balaban J connectivity index is 1.60. The first-order chi connectivity index (χ1) is 11.9. The second-order valence-corrected chi connectivity index (χ2v) is 6.15.